The highest BCUT2D eigenvalue weighted by atomic mass is 19.1. The Balaban J connectivity index is 2.41. The van der Waals surface area contributed by atoms with Gasteiger partial charge in [-0.2, -0.15) is 10.4 Å². The summed E-state index contributed by atoms with van der Waals surface area (Å²) in [5.74, 6) is -0.536. The number of hydrogen-bond acceptors (Lipinski definition) is 5. The molecule has 0 saturated heterocycles. The maximum atomic E-state index is 13.8. The standard InChI is InChI=1S/C18H20FN3O3/c1-4-12-13(9-20)18(24)22(21-15(12)5-2)10-16(23)11-6-7-17(25-3)14(19)8-11/h6-8,16,23H,4-5,10H2,1-3H3. The van der Waals surface area contributed by atoms with E-state index in [-0.39, 0.29) is 17.9 Å². The fraction of sp³-hybridized carbons (Fsp3) is 0.389. The minimum atomic E-state index is -1.14. The van der Waals surface area contributed by atoms with Crippen LogP contribution in [0.4, 0.5) is 4.39 Å². The number of benzene rings is 1. The number of rotatable bonds is 6. The number of aryl methyl sites for hydroxylation is 1. The van der Waals surface area contributed by atoms with Gasteiger partial charge in [0.05, 0.1) is 25.5 Å². The van der Waals surface area contributed by atoms with Crippen molar-refractivity contribution in [3.05, 3.63) is 56.8 Å². The lowest BCUT2D eigenvalue weighted by molar-refractivity contribution is 0.148. The molecule has 1 heterocycles. The van der Waals surface area contributed by atoms with Crippen molar-refractivity contribution in [2.45, 2.75) is 39.3 Å². The monoisotopic (exact) mass is 345 g/mol. The second-order valence-electron chi connectivity index (χ2n) is 5.52. The molecule has 1 unspecified atom stereocenters. The third-order valence-electron chi connectivity index (χ3n) is 4.05. The molecule has 132 valence electrons. The number of aromatic nitrogens is 2. The number of nitrogens with zero attached hydrogens (tertiary/aromatic N) is 3. The highest BCUT2D eigenvalue weighted by molar-refractivity contribution is 5.38. The van der Waals surface area contributed by atoms with Gasteiger partial charge in [0.15, 0.2) is 11.6 Å². The first kappa shape index (κ1) is 18.6. The zero-order valence-corrected chi connectivity index (χ0v) is 14.4. The Hall–Kier alpha value is -2.72. The van der Waals surface area contributed by atoms with Crippen molar-refractivity contribution in [1.29, 1.82) is 5.26 Å². The Bertz CT molecular complexity index is 871. The number of hydrogen-bond donors (Lipinski definition) is 1. The summed E-state index contributed by atoms with van der Waals surface area (Å²) in [5, 5.41) is 23.9. The van der Waals surface area contributed by atoms with Crippen LogP contribution in [0.5, 0.6) is 5.75 Å². The zero-order chi connectivity index (χ0) is 18.6. The van der Waals surface area contributed by atoms with E-state index >= 15 is 0 Å². The van der Waals surface area contributed by atoms with Crippen molar-refractivity contribution >= 4 is 0 Å². The maximum absolute atomic E-state index is 13.8. The molecule has 0 bridgehead atoms. The first-order valence-corrected chi connectivity index (χ1v) is 8.01. The van der Waals surface area contributed by atoms with Crippen LogP contribution in [-0.2, 0) is 19.4 Å². The number of methoxy groups -OCH3 is 1. The molecule has 0 aliphatic carbocycles. The van der Waals surface area contributed by atoms with Gasteiger partial charge in [-0.15, -0.1) is 0 Å². The molecule has 0 saturated carbocycles. The van der Waals surface area contributed by atoms with E-state index in [9.17, 15) is 19.6 Å². The van der Waals surface area contributed by atoms with Gasteiger partial charge in [0.1, 0.15) is 11.6 Å². The number of nitriles is 1. The number of aliphatic hydroxyl groups excluding tert-OH is 1. The molecule has 7 heteroatoms. The van der Waals surface area contributed by atoms with E-state index in [1.807, 2.05) is 19.9 Å². The lowest BCUT2D eigenvalue weighted by Gasteiger charge is -2.16. The Morgan fingerprint density at radius 3 is 2.64 bits per heavy atom. The van der Waals surface area contributed by atoms with Crippen LogP contribution in [0, 0.1) is 17.1 Å². The molecule has 0 aliphatic heterocycles. The van der Waals surface area contributed by atoms with E-state index in [1.165, 1.54) is 19.2 Å². The van der Waals surface area contributed by atoms with Crippen molar-refractivity contribution in [2.24, 2.45) is 0 Å². The van der Waals surface area contributed by atoms with Crippen molar-refractivity contribution in [3.63, 3.8) is 0 Å². The van der Waals surface area contributed by atoms with Crippen LogP contribution in [0.2, 0.25) is 0 Å². The van der Waals surface area contributed by atoms with E-state index in [1.54, 1.807) is 0 Å². The third-order valence-corrected chi connectivity index (χ3v) is 4.05. The van der Waals surface area contributed by atoms with Crippen molar-refractivity contribution in [1.82, 2.24) is 9.78 Å². The first-order valence-electron chi connectivity index (χ1n) is 8.01. The van der Waals surface area contributed by atoms with Gasteiger partial charge >= 0.3 is 0 Å². The lowest BCUT2D eigenvalue weighted by Crippen LogP contribution is -2.30. The predicted molar refractivity (Wildman–Crippen MR) is 89.9 cm³/mol. The van der Waals surface area contributed by atoms with Gasteiger partial charge in [-0.25, -0.2) is 9.07 Å². The molecule has 0 amide bonds. The number of aliphatic hydroxyl groups is 1. The Labute approximate surface area is 145 Å². The highest BCUT2D eigenvalue weighted by Crippen LogP contribution is 2.22. The summed E-state index contributed by atoms with van der Waals surface area (Å²) in [5.41, 5.74) is 1.07. The minimum Gasteiger partial charge on any atom is -0.494 e. The predicted octanol–water partition coefficient (Wildman–Crippen LogP) is 2.12. The molecule has 0 radical (unpaired) electrons. The molecule has 0 aliphatic rings. The molecule has 0 fully saturated rings. The number of halogens is 1. The van der Waals surface area contributed by atoms with Gasteiger partial charge in [-0.1, -0.05) is 19.9 Å². The summed E-state index contributed by atoms with van der Waals surface area (Å²) < 4.78 is 19.7. The van der Waals surface area contributed by atoms with Gasteiger partial charge in [-0.3, -0.25) is 4.79 Å². The average molecular weight is 345 g/mol. The minimum absolute atomic E-state index is 0.0439. The molecule has 6 nitrogen and oxygen atoms in total. The highest BCUT2D eigenvalue weighted by Gasteiger charge is 2.18. The Morgan fingerprint density at radius 2 is 2.12 bits per heavy atom. The summed E-state index contributed by atoms with van der Waals surface area (Å²) in [6, 6.07) is 6.01. The lowest BCUT2D eigenvalue weighted by atomic mass is 10.0. The second kappa shape index (κ2) is 7.90. The SMILES string of the molecule is CCc1nn(CC(O)c2ccc(OC)c(F)c2)c(=O)c(C#N)c1CC. The van der Waals surface area contributed by atoms with Crippen LogP contribution in [0.3, 0.4) is 0 Å². The van der Waals surface area contributed by atoms with E-state index in [0.29, 0.717) is 29.7 Å². The zero-order valence-electron chi connectivity index (χ0n) is 14.4. The molecule has 1 aromatic carbocycles. The van der Waals surface area contributed by atoms with E-state index < -0.39 is 17.5 Å². The van der Waals surface area contributed by atoms with E-state index in [2.05, 4.69) is 5.10 Å². The van der Waals surface area contributed by atoms with Gasteiger partial charge in [-0.05, 0) is 36.1 Å². The van der Waals surface area contributed by atoms with Crippen molar-refractivity contribution < 1.29 is 14.2 Å². The summed E-state index contributed by atoms with van der Waals surface area (Å²) in [6.45, 7) is 3.57. The topological polar surface area (TPSA) is 88.1 Å². The molecule has 0 spiro atoms. The largest absolute Gasteiger partial charge is 0.494 e. The van der Waals surface area contributed by atoms with Gasteiger partial charge in [0.25, 0.3) is 5.56 Å². The van der Waals surface area contributed by atoms with Crippen LogP contribution < -0.4 is 10.3 Å². The molecule has 2 rings (SSSR count). The van der Waals surface area contributed by atoms with Gasteiger partial charge < -0.3 is 9.84 Å². The van der Waals surface area contributed by atoms with Crippen molar-refractivity contribution in [3.8, 4) is 11.8 Å². The van der Waals surface area contributed by atoms with Crippen LogP contribution in [0.15, 0.2) is 23.0 Å². The molecule has 1 N–H and O–H groups in total. The Kier molecular flexibility index (Phi) is 5.88. The normalized spacial score (nSPS) is 11.8. The molecule has 1 aromatic heterocycles. The molecular formula is C18H20FN3O3. The third kappa shape index (κ3) is 3.69. The van der Waals surface area contributed by atoms with Crippen molar-refractivity contribution in [2.75, 3.05) is 7.11 Å². The smallest absolute Gasteiger partial charge is 0.285 e. The molecular weight excluding hydrogens is 325 g/mol. The maximum Gasteiger partial charge on any atom is 0.285 e. The summed E-state index contributed by atoms with van der Waals surface area (Å²) in [4.78, 5) is 12.5. The van der Waals surface area contributed by atoms with Crippen LogP contribution >= 0.6 is 0 Å². The Morgan fingerprint density at radius 1 is 1.40 bits per heavy atom. The summed E-state index contributed by atoms with van der Waals surface area (Å²) in [7, 11) is 1.35. The summed E-state index contributed by atoms with van der Waals surface area (Å²) in [6.07, 6.45) is -0.0541. The fourth-order valence-corrected chi connectivity index (χ4v) is 2.72. The molecule has 2 aromatic rings. The van der Waals surface area contributed by atoms with Gasteiger partial charge in [0.2, 0.25) is 0 Å². The quantitative estimate of drug-likeness (QED) is 0.866. The van der Waals surface area contributed by atoms with E-state index in [0.717, 1.165) is 10.7 Å². The van der Waals surface area contributed by atoms with Gasteiger partial charge in [0, 0.05) is 0 Å². The first-order chi connectivity index (χ1) is 12.0. The second-order valence-corrected chi connectivity index (χ2v) is 5.52. The molecule has 25 heavy (non-hydrogen) atoms. The average Bonchev–Trinajstić information content (AvgIpc) is 2.62. The summed E-state index contributed by atoms with van der Waals surface area (Å²) >= 11 is 0. The van der Waals surface area contributed by atoms with Crippen LogP contribution in [0.25, 0.3) is 0 Å². The van der Waals surface area contributed by atoms with E-state index in [4.69, 9.17) is 4.74 Å². The molecule has 1 atom stereocenters. The number of ether oxygens (including phenoxy) is 1. The fourth-order valence-electron chi connectivity index (χ4n) is 2.72. The van der Waals surface area contributed by atoms with Crippen LogP contribution in [-0.4, -0.2) is 22.0 Å². The van der Waals surface area contributed by atoms with Crippen LogP contribution in [0.1, 0.15) is 42.3 Å².